The SMILES string of the molecule is CCNC(=O)c1noc(C2(C(C)C)CCNC2)n1. The number of carbonyl (C=O) groups excluding carboxylic acids is 1. The van der Waals surface area contributed by atoms with Gasteiger partial charge in [-0.3, -0.25) is 4.79 Å². The van der Waals surface area contributed by atoms with Crippen molar-refractivity contribution in [3.63, 3.8) is 0 Å². The number of nitrogens with one attached hydrogen (secondary N) is 2. The maximum Gasteiger partial charge on any atom is 0.292 e. The third-order valence-electron chi connectivity index (χ3n) is 3.69. The molecule has 0 bridgehead atoms. The summed E-state index contributed by atoms with van der Waals surface area (Å²) < 4.78 is 5.32. The average Bonchev–Trinajstić information content (AvgIpc) is 2.99. The zero-order chi connectivity index (χ0) is 13.2. The van der Waals surface area contributed by atoms with Crippen molar-refractivity contribution in [3.8, 4) is 0 Å². The summed E-state index contributed by atoms with van der Waals surface area (Å²) in [6.45, 7) is 8.46. The molecule has 1 atom stereocenters. The Morgan fingerprint density at radius 1 is 1.61 bits per heavy atom. The van der Waals surface area contributed by atoms with Crippen molar-refractivity contribution in [2.45, 2.75) is 32.6 Å². The van der Waals surface area contributed by atoms with Crippen LogP contribution in [0.5, 0.6) is 0 Å². The van der Waals surface area contributed by atoms with Crippen LogP contribution >= 0.6 is 0 Å². The van der Waals surface area contributed by atoms with Crippen molar-refractivity contribution in [2.75, 3.05) is 19.6 Å². The molecule has 1 aliphatic heterocycles. The molecular weight excluding hydrogens is 232 g/mol. The van der Waals surface area contributed by atoms with Crippen molar-refractivity contribution < 1.29 is 9.32 Å². The van der Waals surface area contributed by atoms with Gasteiger partial charge in [-0.2, -0.15) is 4.98 Å². The molecule has 1 saturated heterocycles. The van der Waals surface area contributed by atoms with E-state index in [2.05, 4.69) is 34.6 Å². The van der Waals surface area contributed by atoms with Crippen molar-refractivity contribution in [1.82, 2.24) is 20.8 Å². The van der Waals surface area contributed by atoms with Crippen LogP contribution in [0.25, 0.3) is 0 Å². The molecule has 2 rings (SSSR count). The van der Waals surface area contributed by atoms with Gasteiger partial charge >= 0.3 is 0 Å². The second-order valence-electron chi connectivity index (χ2n) is 5.02. The minimum absolute atomic E-state index is 0.124. The van der Waals surface area contributed by atoms with E-state index < -0.39 is 0 Å². The van der Waals surface area contributed by atoms with E-state index in [1.54, 1.807) is 0 Å². The fourth-order valence-electron chi connectivity index (χ4n) is 2.39. The van der Waals surface area contributed by atoms with E-state index >= 15 is 0 Å². The Kier molecular flexibility index (Phi) is 3.65. The van der Waals surface area contributed by atoms with Gasteiger partial charge < -0.3 is 15.2 Å². The highest BCUT2D eigenvalue weighted by Crippen LogP contribution is 2.36. The van der Waals surface area contributed by atoms with Gasteiger partial charge in [0.1, 0.15) is 0 Å². The van der Waals surface area contributed by atoms with Crippen LogP contribution in [0, 0.1) is 5.92 Å². The molecule has 0 spiro atoms. The van der Waals surface area contributed by atoms with Gasteiger partial charge in [0, 0.05) is 13.1 Å². The zero-order valence-corrected chi connectivity index (χ0v) is 11.1. The summed E-state index contributed by atoms with van der Waals surface area (Å²) in [5, 5.41) is 9.78. The van der Waals surface area contributed by atoms with Crippen LogP contribution in [0.3, 0.4) is 0 Å². The number of nitrogens with zero attached hydrogens (tertiary/aromatic N) is 2. The standard InChI is InChI=1S/C12H20N4O2/c1-4-14-10(17)9-15-11(18-16-9)12(8(2)3)5-6-13-7-12/h8,13H,4-7H2,1-3H3,(H,14,17). The molecule has 100 valence electrons. The molecule has 1 aliphatic rings. The highest BCUT2D eigenvalue weighted by Gasteiger charge is 2.43. The van der Waals surface area contributed by atoms with Crippen LogP contribution in [0.2, 0.25) is 0 Å². The number of hydrogen-bond acceptors (Lipinski definition) is 5. The summed E-state index contributed by atoms with van der Waals surface area (Å²) in [7, 11) is 0. The van der Waals surface area contributed by atoms with Crippen LogP contribution in [-0.2, 0) is 5.41 Å². The first-order chi connectivity index (χ1) is 8.60. The van der Waals surface area contributed by atoms with E-state index in [1.807, 2.05) is 6.92 Å². The largest absolute Gasteiger partial charge is 0.349 e. The predicted molar refractivity (Wildman–Crippen MR) is 66.3 cm³/mol. The van der Waals surface area contributed by atoms with Gasteiger partial charge in [0.15, 0.2) is 0 Å². The Morgan fingerprint density at radius 3 is 2.94 bits per heavy atom. The first kappa shape index (κ1) is 13.0. The second kappa shape index (κ2) is 5.06. The van der Waals surface area contributed by atoms with Crippen LogP contribution < -0.4 is 10.6 Å². The molecule has 1 unspecified atom stereocenters. The Labute approximate surface area is 107 Å². The number of carbonyl (C=O) groups is 1. The summed E-state index contributed by atoms with van der Waals surface area (Å²) in [6.07, 6.45) is 0.960. The van der Waals surface area contributed by atoms with Gasteiger partial charge in [-0.15, -0.1) is 0 Å². The first-order valence-corrected chi connectivity index (χ1v) is 6.43. The number of hydrogen-bond donors (Lipinski definition) is 2. The summed E-state index contributed by atoms with van der Waals surface area (Å²) in [4.78, 5) is 15.9. The van der Waals surface area contributed by atoms with Crippen molar-refractivity contribution in [3.05, 3.63) is 11.7 Å². The van der Waals surface area contributed by atoms with Crippen LogP contribution in [0.1, 0.15) is 43.7 Å². The number of aromatic nitrogens is 2. The Balaban J connectivity index is 2.25. The maximum atomic E-state index is 11.6. The summed E-state index contributed by atoms with van der Waals surface area (Å²) in [5.74, 6) is 0.801. The van der Waals surface area contributed by atoms with Crippen molar-refractivity contribution in [1.29, 1.82) is 0 Å². The van der Waals surface area contributed by atoms with Crippen LogP contribution in [0.4, 0.5) is 0 Å². The Hall–Kier alpha value is -1.43. The molecule has 0 radical (unpaired) electrons. The lowest BCUT2D eigenvalue weighted by Crippen LogP contribution is -2.35. The van der Waals surface area contributed by atoms with Crippen molar-refractivity contribution in [2.24, 2.45) is 5.92 Å². The van der Waals surface area contributed by atoms with E-state index in [0.29, 0.717) is 18.4 Å². The highest BCUT2D eigenvalue weighted by atomic mass is 16.5. The van der Waals surface area contributed by atoms with Crippen LogP contribution in [-0.4, -0.2) is 35.7 Å². The van der Waals surface area contributed by atoms with Gasteiger partial charge in [0.05, 0.1) is 5.41 Å². The fraction of sp³-hybridized carbons (Fsp3) is 0.750. The normalized spacial score (nSPS) is 23.6. The minimum Gasteiger partial charge on any atom is -0.349 e. The second-order valence-corrected chi connectivity index (χ2v) is 5.02. The molecular formula is C12H20N4O2. The fourth-order valence-corrected chi connectivity index (χ4v) is 2.39. The third kappa shape index (κ3) is 2.12. The van der Waals surface area contributed by atoms with E-state index in [9.17, 15) is 4.79 Å². The predicted octanol–water partition coefficient (Wildman–Crippen LogP) is 0.706. The maximum absolute atomic E-state index is 11.6. The van der Waals surface area contributed by atoms with Gasteiger partial charge in [0.25, 0.3) is 11.7 Å². The van der Waals surface area contributed by atoms with E-state index in [-0.39, 0.29) is 17.1 Å². The molecule has 0 aliphatic carbocycles. The Bertz CT molecular complexity index is 421. The third-order valence-corrected chi connectivity index (χ3v) is 3.69. The molecule has 6 heteroatoms. The number of amides is 1. The lowest BCUT2D eigenvalue weighted by atomic mass is 9.76. The molecule has 0 saturated carbocycles. The molecule has 1 amide bonds. The van der Waals surface area contributed by atoms with E-state index in [0.717, 1.165) is 19.5 Å². The average molecular weight is 252 g/mol. The number of rotatable bonds is 4. The molecule has 1 aromatic heterocycles. The monoisotopic (exact) mass is 252 g/mol. The quantitative estimate of drug-likeness (QED) is 0.824. The lowest BCUT2D eigenvalue weighted by molar-refractivity contribution is 0.0942. The summed E-state index contributed by atoms with van der Waals surface area (Å²) in [5.41, 5.74) is -0.141. The molecule has 18 heavy (non-hydrogen) atoms. The van der Waals surface area contributed by atoms with Gasteiger partial charge in [-0.1, -0.05) is 19.0 Å². The molecule has 2 heterocycles. The molecule has 2 N–H and O–H groups in total. The zero-order valence-electron chi connectivity index (χ0n) is 11.1. The van der Waals surface area contributed by atoms with Gasteiger partial charge in [-0.25, -0.2) is 0 Å². The minimum atomic E-state index is -0.280. The van der Waals surface area contributed by atoms with Gasteiger partial charge in [-0.05, 0) is 25.8 Å². The highest BCUT2D eigenvalue weighted by molar-refractivity contribution is 5.90. The van der Waals surface area contributed by atoms with Crippen LogP contribution in [0.15, 0.2) is 4.52 Å². The van der Waals surface area contributed by atoms with Crippen molar-refractivity contribution >= 4 is 5.91 Å². The smallest absolute Gasteiger partial charge is 0.292 e. The summed E-state index contributed by atoms with van der Waals surface area (Å²) >= 11 is 0. The summed E-state index contributed by atoms with van der Waals surface area (Å²) in [6, 6.07) is 0. The van der Waals surface area contributed by atoms with Gasteiger partial charge in [0.2, 0.25) is 5.89 Å². The molecule has 0 aromatic carbocycles. The first-order valence-electron chi connectivity index (χ1n) is 6.43. The lowest BCUT2D eigenvalue weighted by Gasteiger charge is -2.27. The molecule has 6 nitrogen and oxygen atoms in total. The molecule has 1 aromatic rings. The Morgan fingerprint density at radius 2 is 2.39 bits per heavy atom. The van der Waals surface area contributed by atoms with E-state index in [4.69, 9.17) is 4.52 Å². The molecule has 1 fully saturated rings. The topological polar surface area (TPSA) is 80.0 Å². The van der Waals surface area contributed by atoms with E-state index in [1.165, 1.54) is 0 Å².